The molecule has 0 spiro atoms. The molecule has 0 atom stereocenters. The van der Waals surface area contributed by atoms with Gasteiger partial charge in [-0.15, -0.1) is 10.2 Å². The van der Waals surface area contributed by atoms with Crippen molar-refractivity contribution in [2.24, 2.45) is 7.05 Å². The fourth-order valence-corrected chi connectivity index (χ4v) is 2.66. The maximum absolute atomic E-state index is 12.2. The molecule has 2 aromatic heterocycles. The van der Waals surface area contributed by atoms with Gasteiger partial charge in [0.25, 0.3) is 5.56 Å². The van der Waals surface area contributed by atoms with Crippen LogP contribution < -0.4 is 5.56 Å². The lowest BCUT2D eigenvalue weighted by atomic mass is 10.2. The summed E-state index contributed by atoms with van der Waals surface area (Å²) in [6.07, 6.45) is 0. The molecule has 3 rings (SSSR count). The van der Waals surface area contributed by atoms with Crippen LogP contribution in [0.2, 0.25) is 0 Å². The number of nitrogens with zero attached hydrogens (tertiary/aromatic N) is 4. The molecule has 0 aliphatic carbocycles. The second-order valence-corrected chi connectivity index (χ2v) is 5.22. The highest BCUT2D eigenvalue weighted by Crippen LogP contribution is 2.20. The smallest absolute Gasteiger partial charge is 0.261 e. The van der Waals surface area contributed by atoms with Gasteiger partial charge in [-0.2, -0.15) is 0 Å². The molecule has 0 fully saturated rings. The Balaban J connectivity index is 1.95. The van der Waals surface area contributed by atoms with Gasteiger partial charge in [0, 0.05) is 14.0 Å². The van der Waals surface area contributed by atoms with Crippen molar-refractivity contribution in [2.75, 3.05) is 0 Å². The lowest BCUT2D eigenvalue weighted by Gasteiger charge is -2.07. The predicted molar refractivity (Wildman–Crippen MR) is 75.6 cm³/mol. The van der Waals surface area contributed by atoms with Crippen LogP contribution in [0.5, 0.6) is 0 Å². The predicted octanol–water partition coefficient (Wildman–Crippen LogP) is 1.92. The van der Waals surface area contributed by atoms with Gasteiger partial charge in [-0.1, -0.05) is 23.9 Å². The Morgan fingerprint density at radius 2 is 2.10 bits per heavy atom. The molecule has 0 N–H and O–H groups in total. The van der Waals surface area contributed by atoms with Gasteiger partial charge in [-0.3, -0.25) is 9.36 Å². The number of hydrogen-bond donors (Lipinski definition) is 0. The van der Waals surface area contributed by atoms with Crippen LogP contribution in [0.15, 0.2) is 38.6 Å². The van der Waals surface area contributed by atoms with Crippen LogP contribution in [0.4, 0.5) is 0 Å². The maximum atomic E-state index is 12.2. The van der Waals surface area contributed by atoms with E-state index in [1.54, 1.807) is 20.0 Å². The van der Waals surface area contributed by atoms with E-state index in [1.807, 2.05) is 18.2 Å². The zero-order valence-electron chi connectivity index (χ0n) is 11.0. The van der Waals surface area contributed by atoms with E-state index in [0.717, 1.165) is 0 Å². The van der Waals surface area contributed by atoms with E-state index in [0.29, 0.717) is 33.6 Å². The van der Waals surface area contributed by atoms with Crippen LogP contribution in [-0.4, -0.2) is 19.7 Å². The number of aromatic nitrogens is 4. The van der Waals surface area contributed by atoms with Gasteiger partial charge in [0.05, 0.1) is 16.7 Å². The molecule has 7 heteroatoms. The van der Waals surface area contributed by atoms with Crippen LogP contribution >= 0.6 is 11.8 Å². The first-order chi connectivity index (χ1) is 9.65. The van der Waals surface area contributed by atoms with Crippen LogP contribution in [0, 0.1) is 6.92 Å². The minimum Gasteiger partial charge on any atom is -0.425 e. The molecule has 0 unspecified atom stereocenters. The molecule has 2 heterocycles. The molecule has 0 saturated heterocycles. The van der Waals surface area contributed by atoms with Crippen LogP contribution in [0.1, 0.15) is 11.8 Å². The molecule has 20 heavy (non-hydrogen) atoms. The van der Waals surface area contributed by atoms with E-state index in [1.165, 1.54) is 16.3 Å². The van der Waals surface area contributed by atoms with Crippen LogP contribution in [-0.2, 0) is 12.8 Å². The average molecular weight is 288 g/mol. The van der Waals surface area contributed by atoms with Crippen molar-refractivity contribution in [3.8, 4) is 0 Å². The van der Waals surface area contributed by atoms with Gasteiger partial charge in [0.15, 0.2) is 5.16 Å². The Kier molecular flexibility index (Phi) is 3.27. The number of fused-ring (bicyclic) bond motifs is 1. The highest BCUT2D eigenvalue weighted by atomic mass is 32.2. The third-order valence-corrected chi connectivity index (χ3v) is 3.85. The summed E-state index contributed by atoms with van der Waals surface area (Å²) in [6.45, 7) is 1.74. The van der Waals surface area contributed by atoms with Gasteiger partial charge >= 0.3 is 0 Å². The molecule has 1 aromatic carbocycles. The summed E-state index contributed by atoms with van der Waals surface area (Å²) in [4.78, 5) is 16.7. The normalized spacial score (nSPS) is 11.1. The van der Waals surface area contributed by atoms with Gasteiger partial charge in [0.1, 0.15) is 0 Å². The van der Waals surface area contributed by atoms with Crippen molar-refractivity contribution < 1.29 is 4.42 Å². The lowest BCUT2D eigenvalue weighted by Crippen LogP contribution is -2.19. The van der Waals surface area contributed by atoms with Gasteiger partial charge in [0.2, 0.25) is 11.8 Å². The first kappa shape index (κ1) is 12.9. The van der Waals surface area contributed by atoms with Crippen molar-refractivity contribution in [3.05, 3.63) is 46.4 Å². The fourth-order valence-electron chi connectivity index (χ4n) is 1.85. The summed E-state index contributed by atoms with van der Waals surface area (Å²) in [5.74, 6) is 1.54. The summed E-state index contributed by atoms with van der Waals surface area (Å²) >= 11 is 1.40. The standard InChI is InChI=1S/C13H12N4O2S/c1-8-15-16-11(19-8)7-20-13-14-10-6-4-3-5-9(10)12(18)17(13)2/h3-6H,7H2,1-2H3. The van der Waals surface area contributed by atoms with Crippen molar-refractivity contribution in [2.45, 2.75) is 17.8 Å². The molecule has 0 aliphatic rings. The number of benzene rings is 1. The SMILES string of the molecule is Cc1nnc(CSc2nc3ccccc3c(=O)n2C)o1. The largest absolute Gasteiger partial charge is 0.425 e. The van der Waals surface area contributed by atoms with Crippen LogP contribution in [0.25, 0.3) is 10.9 Å². The summed E-state index contributed by atoms with van der Waals surface area (Å²) in [6, 6.07) is 7.31. The topological polar surface area (TPSA) is 73.8 Å². The first-order valence-electron chi connectivity index (χ1n) is 6.02. The summed E-state index contributed by atoms with van der Waals surface area (Å²) in [5.41, 5.74) is 0.639. The van der Waals surface area contributed by atoms with Gasteiger partial charge in [-0.25, -0.2) is 4.98 Å². The van der Waals surface area contributed by atoms with E-state index in [4.69, 9.17) is 4.42 Å². The second kappa shape index (κ2) is 5.09. The molecule has 0 radical (unpaired) electrons. The van der Waals surface area contributed by atoms with E-state index >= 15 is 0 Å². The Hall–Kier alpha value is -2.15. The average Bonchev–Trinajstić information content (AvgIpc) is 2.87. The Labute approximate surface area is 118 Å². The highest BCUT2D eigenvalue weighted by molar-refractivity contribution is 7.98. The van der Waals surface area contributed by atoms with E-state index in [-0.39, 0.29) is 5.56 Å². The highest BCUT2D eigenvalue weighted by Gasteiger charge is 2.10. The Morgan fingerprint density at radius 3 is 2.85 bits per heavy atom. The lowest BCUT2D eigenvalue weighted by molar-refractivity contribution is 0.485. The number of rotatable bonds is 3. The van der Waals surface area contributed by atoms with Crippen molar-refractivity contribution in [3.63, 3.8) is 0 Å². The molecule has 3 aromatic rings. The zero-order chi connectivity index (χ0) is 14.1. The zero-order valence-corrected chi connectivity index (χ0v) is 11.8. The van der Waals surface area contributed by atoms with Crippen molar-refractivity contribution >= 4 is 22.7 Å². The second-order valence-electron chi connectivity index (χ2n) is 4.28. The maximum Gasteiger partial charge on any atom is 0.261 e. The van der Waals surface area contributed by atoms with Crippen molar-refractivity contribution in [1.29, 1.82) is 0 Å². The monoisotopic (exact) mass is 288 g/mol. The summed E-state index contributed by atoms with van der Waals surface area (Å²) in [7, 11) is 1.71. The minimum atomic E-state index is -0.0557. The molecular weight excluding hydrogens is 276 g/mol. The van der Waals surface area contributed by atoms with Crippen molar-refractivity contribution in [1.82, 2.24) is 19.7 Å². The van der Waals surface area contributed by atoms with Gasteiger partial charge < -0.3 is 4.42 Å². The first-order valence-corrected chi connectivity index (χ1v) is 7.01. The minimum absolute atomic E-state index is 0.0557. The Morgan fingerprint density at radius 1 is 1.30 bits per heavy atom. The third-order valence-electron chi connectivity index (χ3n) is 2.83. The molecule has 0 aliphatic heterocycles. The van der Waals surface area contributed by atoms with E-state index < -0.39 is 0 Å². The molecule has 0 saturated carbocycles. The number of para-hydroxylation sites is 1. The number of hydrogen-bond acceptors (Lipinski definition) is 6. The molecule has 6 nitrogen and oxygen atoms in total. The third kappa shape index (κ3) is 2.32. The quantitative estimate of drug-likeness (QED) is 0.541. The fraction of sp³-hybridized carbons (Fsp3) is 0.231. The molecule has 0 bridgehead atoms. The van der Waals surface area contributed by atoms with E-state index in [2.05, 4.69) is 15.2 Å². The van der Waals surface area contributed by atoms with Gasteiger partial charge in [-0.05, 0) is 12.1 Å². The molecule has 102 valence electrons. The summed E-state index contributed by atoms with van der Waals surface area (Å²) < 4.78 is 6.84. The number of aryl methyl sites for hydroxylation is 1. The molecular formula is C13H12N4O2S. The number of thioether (sulfide) groups is 1. The van der Waals surface area contributed by atoms with E-state index in [9.17, 15) is 4.79 Å². The van der Waals surface area contributed by atoms with Crippen LogP contribution in [0.3, 0.4) is 0 Å². The Bertz CT molecular complexity index is 825. The molecule has 0 amide bonds. The summed E-state index contributed by atoms with van der Waals surface area (Å²) in [5, 5.41) is 8.94.